The lowest BCUT2D eigenvalue weighted by Crippen LogP contribution is -2.32. The molecule has 0 saturated carbocycles. The molecule has 0 fully saturated rings. The van der Waals surface area contributed by atoms with E-state index >= 15 is 0 Å². The van der Waals surface area contributed by atoms with Crippen LogP contribution in [0.3, 0.4) is 0 Å². The third kappa shape index (κ3) is 3.85. The molecule has 1 aliphatic rings. The van der Waals surface area contributed by atoms with Gasteiger partial charge in [0.15, 0.2) is 0 Å². The van der Waals surface area contributed by atoms with Crippen molar-refractivity contribution in [3.05, 3.63) is 94.4 Å². The third-order valence-electron chi connectivity index (χ3n) is 5.35. The van der Waals surface area contributed by atoms with Crippen molar-refractivity contribution in [1.29, 1.82) is 0 Å². The molecule has 0 bridgehead atoms. The fourth-order valence-corrected chi connectivity index (χ4v) is 3.73. The zero-order valence-electron chi connectivity index (χ0n) is 17.8. The molecule has 3 aromatic rings. The predicted molar refractivity (Wildman–Crippen MR) is 126 cm³/mol. The SMILES string of the molecule is Cc1c(Cl)cccc1NC1=C(c2ccc(F)cc2)C(=O)N(c2cccc(N(C)C)c2)C1=O. The van der Waals surface area contributed by atoms with Gasteiger partial charge in [-0.25, -0.2) is 9.29 Å². The second-order valence-electron chi connectivity index (χ2n) is 7.65. The van der Waals surface area contributed by atoms with Gasteiger partial charge in [-0.2, -0.15) is 0 Å². The maximum Gasteiger partial charge on any atom is 0.282 e. The van der Waals surface area contributed by atoms with E-state index in [0.29, 0.717) is 22.0 Å². The highest BCUT2D eigenvalue weighted by Gasteiger charge is 2.40. The van der Waals surface area contributed by atoms with E-state index in [1.807, 2.05) is 32.0 Å². The van der Waals surface area contributed by atoms with Crippen molar-refractivity contribution in [2.75, 3.05) is 29.2 Å². The van der Waals surface area contributed by atoms with E-state index in [-0.39, 0.29) is 11.3 Å². The summed E-state index contributed by atoms with van der Waals surface area (Å²) >= 11 is 6.24. The quantitative estimate of drug-likeness (QED) is 0.540. The van der Waals surface area contributed by atoms with E-state index in [2.05, 4.69) is 5.32 Å². The summed E-state index contributed by atoms with van der Waals surface area (Å²) in [6.45, 7) is 1.82. The lowest BCUT2D eigenvalue weighted by Gasteiger charge is -2.19. The Labute approximate surface area is 190 Å². The fraction of sp³-hybridized carbons (Fsp3) is 0.120. The molecular weight excluding hydrogens is 429 g/mol. The number of imide groups is 1. The van der Waals surface area contributed by atoms with Crippen LogP contribution in [0.5, 0.6) is 0 Å². The molecule has 0 spiro atoms. The third-order valence-corrected chi connectivity index (χ3v) is 5.76. The normalized spacial score (nSPS) is 13.7. The number of rotatable bonds is 5. The van der Waals surface area contributed by atoms with Gasteiger partial charge in [-0.05, 0) is 60.5 Å². The number of hydrogen-bond donors (Lipinski definition) is 1. The topological polar surface area (TPSA) is 52.7 Å². The molecule has 0 aliphatic carbocycles. The van der Waals surface area contributed by atoms with Crippen molar-refractivity contribution in [3.63, 3.8) is 0 Å². The molecule has 2 amide bonds. The number of carbonyl (C=O) groups is 2. The largest absolute Gasteiger partial charge is 0.378 e. The Bertz CT molecular complexity index is 1250. The van der Waals surface area contributed by atoms with Gasteiger partial charge in [-0.3, -0.25) is 9.59 Å². The van der Waals surface area contributed by atoms with E-state index in [4.69, 9.17) is 11.6 Å². The molecule has 0 atom stereocenters. The van der Waals surface area contributed by atoms with E-state index in [9.17, 15) is 14.0 Å². The highest BCUT2D eigenvalue weighted by atomic mass is 35.5. The summed E-state index contributed by atoms with van der Waals surface area (Å²) in [6, 6.07) is 17.9. The minimum atomic E-state index is -0.496. The summed E-state index contributed by atoms with van der Waals surface area (Å²) in [5, 5.41) is 3.64. The first-order valence-electron chi connectivity index (χ1n) is 9.96. The molecule has 1 heterocycles. The maximum atomic E-state index is 13.5. The number of hydrogen-bond acceptors (Lipinski definition) is 4. The van der Waals surface area contributed by atoms with Gasteiger partial charge in [0.05, 0.1) is 11.3 Å². The van der Waals surface area contributed by atoms with Crippen LogP contribution in [0.2, 0.25) is 5.02 Å². The standard InChI is InChI=1S/C25H21ClFN3O2/c1-15-20(26)8-5-9-21(15)28-23-22(16-10-12-17(27)13-11-16)24(31)30(25(23)32)19-7-4-6-18(14-19)29(2)3/h4-14,28H,1-3H3. The van der Waals surface area contributed by atoms with Crippen LogP contribution in [0, 0.1) is 12.7 Å². The first kappa shape index (κ1) is 21.6. The smallest absolute Gasteiger partial charge is 0.282 e. The summed E-state index contributed by atoms with van der Waals surface area (Å²) in [4.78, 5) is 30.0. The van der Waals surface area contributed by atoms with Crippen LogP contribution in [-0.4, -0.2) is 25.9 Å². The first-order chi connectivity index (χ1) is 15.3. The highest BCUT2D eigenvalue weighted by molar-refractivity contribution is 6.46. The monoisotopic (exact) mass is 449 g/mol. The van der Waals surface area contributed by atoms with E-state index in [1.165, 1.54) is 24.3 Å². The zero-order valence-corrected chi connectivity index (χ0v) is 18.6. The van der Waals surface area contributed by atoms with Gasteiger partial charge in [-0.15, -0.1) is 0 Å². The van der Waals surface area contributed by atoms with Crippen molar-refractivity contribution in [3.8, 4) is 0 Å². The predicted octanol–water partition coefficient (Wildman–Crippen LogP) is 5.25. The van der Waals surface area contributed by atoms with Gasteiger partial charge in [0.2, 0.25) is 0 Å². The summed E-state index contributed by atoms with van der Waals surface area (Å²) in [7, 11) is 3.76. The van der Waals surface area contributed by atoms with Crippen LogP contribution < -0.4 is 15.1 Å². The van der Waals surface area contributed by atoms with Crippen molar-refractivity contribution in [2.45, 2.75) is 6.92 Å². The Morgan fingerprint density at radius 1 is 0.938 bits per heavy atom. The van der Waals surface area contributed by atoms with E-state index < -0.39 is 17.6 Å². The Kier molecular flexibility index (Phi) is 5.72. The number of nitrogens with zero attached hydrogens (tertiary/aromatic N) is 2. The number of amides is 2. The molecule has 0 unspecified atom stereocenters. The van der Waals surface area contributed by atoms with Gasteiger partial charge in [-0.1, -0.05) is 35.9 Å². The Morgan fingerprint density at radius 3 is 2.31 bits per heavy atom. The molecule has 32 heavy (non-hydrogen) atoms. The number of nitrogens with one attached hydrogen (secondary N) is 1. The van der Waals surface area contributed by atoms with Crippen molar-refractivity contribution < 1.29 is 14.0 Å². The minimum absolute atomic E-state index is 0.113. The zero-order chi connectivity index (χ0) is 23.0. The van der Waals surface area contributed by atoms with E-state index in [0.717, 1.165) is 16.2 Å². The lowest BCUT2D eigenvalue weighted by atomic mass is 10.0. The van der Waals surface area contributed by atoms with Crippen molar-refractivity contribution in [2.24, 2.45) is 0 Å². The summed E-state index contributed by atoms with van der Waals surface area (Å²) in [5.41, 5.74) is 3.37. The minimum Gasteiger partial charge on any atom is -0.378 e. The average Bonchev–Trinajstić information content (AvgIpc) is 3.01. The summed E-state index contributed by atoms with van der Waals surface area (Å²) < 4.78 is 13.5. The summed E-state index contributed by atoms with van der Waals surface area (Å²) in [6.07, 6.45) is 0. The molecule has 5 nitrogen and oxygen atoms in total. The van der Waals surface area contributed by atoms with Crippen molar-refractivity contribution in [1.82, 2.24) is 0 Å². The molecule has 1 aliphatic heterocycles. The molecule has 0 aromatic heterocycles. The molecule has 0 radical (unpaired) electrons. The Morgan fingerprint density at radius 2 is 1.62 bits per heavy atom. The van der Waals surface area contributed by atoms with Crippen LogP contribution in [0.4, 0.5) is 21.5 Å². The molecular formula is C25H21ClFN3O2. The molecule has 162 valence electrons. The summed E-state index contributed by atoms with van der Waals surface area (Å²) in [5.74, 6) is -1.41. The fourth-order valence-electron chi connectivity index (χ4n) is 3.55. The molecule has 0 saturated heterocycles. The van der Waals surface area contributed by atoms with Gasteiger partial charge in [0, 0.05) is 30.5 Å². The van der Waals surface area contributed by atoms with Gasteiger partial charge < -0.3 is 10.2 Å². The second kappa shape index (κ2) is 8.48. The maximum absolute atomic E-state index is 13.5. The number of anilines is 3. The van der Waals surface area contributed by atoms with Gasteiger partial charge in [0.25, 0.3) is 11.8 Å². The van der Waals surface area contributed by atoms with Crippen LogP contribution in [-0.2, 0) is 9.59 Å². The average molecular weight is 450 g/mol. The molecule has 1 N–H and O–H groups in total. The van der Waals surface area contributed by atoms with Crippen LogP contribution >= 0.6 is 11.6 Å². The van der Waals surface area contributed by atoms with E-state index in [1.54, 1.807) is 36.4 Å². The van der Waals surface area contributed by atoms with Crippen LogP contribution in [0.25, 0.3) is 5.57 Å². The van der Waals surface area contributed by atoms with Crippen LogP contribution in [0.15, 0.2) is 72.4 Å². The molecule has 3 aromatic carbocycles. The number of carbonyl (C=O) groups excluding carboxylic acids is 2. The lowest BCUT2D eigenvalue weighted by molar-refractivity contribution is -0.120. The first-order valence-corrected chi connectivity index (χ1v) is 10.3. The number of halogens is 2. The Hall–Kier alpha value is -3.64. The molecule has 4 rings (SSSR count). The van der Waals surface area contributed by atoms with Gasteiger partial charge >= 0.3 is 0 Å². The number of benzene rings is 3. The van der Waals surface area contributed by atoms with Crippen molar-refractivity contribution >= 4 is 46.1 Å². The Balaban J connectivity index is 1.84. The highest BCUT2D eigenvalue weighted by Crippen LogP contribution is 2.36. The van der Waals surface area contributed by atoms with Crippen LogP contribution in [0.1, 0.15) is 11.1 Å². The second-order valence-corrected chi connectivity index (χ2v) is 8.06. The molecule has 7 heteroatoms. The van der Waals surface area contributed by atoms with Gasteiger partial charge in [0.1, 0.15) is 11.5 Å².